The van der Waals surface area contributed by atoms with Crippen molar-refractivity contribution in [3.63, 3.8) is 0 Å². The summed E-state index contributed by atoms with van der Waals surface area (Å²) in [5.41, 5.74) is 5.65. The third kappa shape index (κ3) is 5.39. The number of pyridine rings is 2. The number of aromatic amines is 1. The summed E-state index contributed by atoms with van der Waals surface area (Å²) in [6.07, 6.45) is 3.77. The Labute approximate surface area is 244 Å². The normalized spacial score (nSPS) is 14.1. The van der Waals surface area contributed by atoms with Gasteiger partial charge < -0.3 is 19.0 Å². The number of fused-ring (bicyclic) bond motifs is 1. The molecule has 13 nitrogen and oxygen atoms in total. The van der Waals surface area contributed by atoms with Gasteiger partial charge in [-0.2, -0.15) is 4.68 Å². The van der Waals surface area contributed by atoms with Crippen LogP contribution in [0.15, 0.2) is 59.8 Å². The molecule has 0 saturated heterocycles. The Morgan fingerprint density at radius 3 is 2.83 bits per heavy atom. The number of aromatic nitrogens is 8. The third-order valence-corrected chi connectivity index (χ3v) is 7.23. The highest BCUT2D eigenvalue weighted by Gasteiger charge is 2.29. The number of aryl methyl sites for hydroxylation is 2. The molecule has 0 fully saturated rings. The van der Waals surface area contributed by atoms with E-state index >= 15 is 0 Å². The minimum atomic E-state index is -0.607. The highest BCUT2D eigenvalue weighted by molar-refractivity contribution is 6.31. The predicted molar refractivity (Wildman–Crippen MR) is 154 cm³/mol. The molecule has 0 bridgehead atoms. The second-order valence-electron chi connectivity index (χ2n) is 9.74. The second-order valence-corrected chi connectivity index (χ2v) is 10.1. The first-order valence-corrected chi connectivity index (χ1v) is 13.5. The van der Waals surface area contributed by atoms with Gasteiger partial charge in [0.15, 0.2) is 0 Å². The van der Waals surface area contributed by atoms with Crippen LogP contribution in [-0.2, 0) is 15.9 Å². The number of H-pyrrole nitrogens is 1. The van der Waals surface area contributed by atoms with Gasteiger partial charge in [0.05, 0.1) is 35.9 Å². The standard InChI is InChI=1S/C28H26ClN9O4/c1-16-3-7-22(37-15-31-35-36-37)20(11-16)17-12-19-5-8-23(38(19)24(39)13-17)27-33-25(26(29)34-27)21-6-4-18(14-30-21)32-28(40)42-10-9-41-2/h3-4,6-7,11-15,23H,5,8-10H2,1-2H3,(H,32,40)(H,33,34)/t23-/m0/s1. The van der Waals surface area contributed by atoms with Crippen LogP contribution >= 0.6 is 11.6 Å². The molecule has 1 aliphatic heterocycles. The Hall–Kier alpha value is -4.88. The zero-order valence-electron chi connectivity index (χ0n) is 22.7. The van der Waals surface area contributed by atoms with Crippen molar-refractivity contribution in [2.75, 3.05) is 25.6 Å². The van der Waals surface area contributed by atoms with Crippen LogP contribution in [0.25, 0.3) is 28.2 Å². The molecule has 1 atom stereocenters. The van der Waals surface area contributed by atoms with Crippen molar-refractivity contribution in [3.05, 3.63) is 87.6 Å². The summed E-state index contributed by atoms with van der Waals surface area (Å²) in [4.78, 5) is 37.6. The van der Waals surface area contributed by atoms with Crippen molar-refractivity contribution >= 4 is 23.4 Å². The fourth-order valence-corrected chi connectivity index (χ4v) is 5.27. The van der Waals surface area contributed by atoms with E-state index in [4.69, 9.17) is 26.1 Å². The average molecular weight is 588 g/mol. The Kier molecular flexibility index (Phi) is 7.50. The number of benzene rings is 1. The van der Waals surface area contributed by atoms with Crippen molar-refractivity contribution < 1.29 is 14.3 Å². The summed E-state index contributed by atoms with van der Waals surface area (Å²) in [5.74, 6) is 0.569. The number of carbonyl (C=O) groups excluding carboxylic acids is 1. The highest BCUT2D eigenvalue weighted by atomic mass is 35.5. The van der Waals surface area contributed by atoms with Gasteiger partial charge in [0.1, 0.15) is 29.6 Å². The number of imidazole rings is 1. The van der Waals surface area contributed by atoms with Gasteiger partial charge in [0.25, 0.3) is 5.56 Å². The van der Waals surface area contributed by atoms with Crippen molar-refractivity contribution in [1.29, 1.82) is 0 Å². The maximum Gasteiger partial charge on any atom is 0.411 e. The Bertz CT molecular complexity index is 1800. The number of ether oxygens (including phenoxy) is 2. The summed E-state index contributed by atoms with van der Waals surface area (Å²) < 4.78 is 13.2. The summed E-state index contributed by atoms with van der Waals surface area (Å²) >= 11 is 6.54. The molecule has 0 radical (unpaired) electrons. The lowest BCUT2D eigenvalue weighted by molar-refractivity contribution is 0.107. The maximum atomic E-state index is 13.5. The van der Waals surface area contributed by atoms with Crippen molar-refractivity contribution in [1.82, 2.24) is 39.7 Å². The molecule has 42 heavy (non-hydrogen) atoms. The Morgan fingerprint density at radius 2 is 2.07 bits per heavy atom. The van der Waals surface area contributed by atoms with E-state index in [-0.39, 0.29) is 18.2 Å². The number of methoxy groups -OCH3 is 1. The molecule has 0 spiro atoms. The average Bonchev–Trinajstić information content (AvgIpc) is 3.74. The number of nitrogens with one attached hydrogen (secondary N) is 2. The van der Waals surface area contributed by atoms with Crippen LogP contribution in [0.3, 0.4) is 0 Å². The summed E-state index contributed by atoms with van der Waals surface area (Å²) in [6.45, 7) is 2.44. The zero-order chi connectivity index (χ0) is 29.2. The number of amides is 1. The number of hydrogen-bond acceptors (Lipinski definition) is 9. The van der Waals surface area contributed by atoms with Gasteiger partial charge >= 0.3 is 6.09 Å². The number of halogens is 1. The van der Waals surface area contributed by atoms with Crippen LogP contribution in [0.5, 0.6) is 0 Å². The third-order valence-electron chi connectivity index (χ3n) is 6.96. The van der Waals surface area contributed by atoms with Crippen LogP contribution in [0.2, 0.25) is 5.15 Å². The monoisotopic (exact) mass is 587 g/mol. The van der Waals surface area contributed by atoms with Crippen LogP contribution in [-0.4, -0.2) is 66.1 Å². The zero-order valence-corrected chi connectivity index (χ0v) is 23.5. The van der Waals surface area contributed by atoms with E-state index in [1.165, 1.54) is 19.6 Å². The van der Waals surface area contributed by atoms with E-state index in [2.05, 4.69) is 30.8 Å². The molecule has 1 amide bonds. The number of nitrogens with zero attached hydrogens (tertiary/aromatic N) is 7. The van der Waals surface area contributed by atoms with E-state index in [0.29, 0.717) is 47.5 Å². The van der Waals surface area contributed by atoms with Gasteiger partial charge in [-0.25, -0.2) is 9.78 Å². The smallest absolute Gasteiger partial charge is 0.411 e. The molecule has 4 aromatic heterocycles. The maximum absolute atomic E-state index is 13.5. The molecule has 2 N–H and O–H groups in total. The SMILES string of the molecule is COCCOC(=O)Nc1ccc(-c2nc([C@@H]3CCc4cc(-c5cc(C)ccc5-n5cnnn5)cc(=O)n43)[nH]c2Cl)nc1. The lowest BCUT2D eigenvalue weighted by atomic mass is 10.0. The first kappa shape index (κ1) is 27.3. The second kappa shape index (κ2) is 11.5. The van der Waals surface area contributed by atoms with Gasteiger partial charge in [0.2, 0.25) is 0 Å². The quantitative estimate of drug-likeness (QED) is 0.257. The van der Waals surface area contributed by atoms with Crippen molar-refractivity contribution in [3.8, 4) is 28.2 Å². The first-order valence-electron chi connectivity index (χ1n) is 13.2. The number of rotatable bonds is 8. The number of anilines is 1. The van der Waals surface area contributed by atoms with Gasteiger partial charge in [-0.05, 0) is 66.1 Å². The topological polar surface area (TPSA) is 155 Å². The van der Waals surface area contributed by atoms with E-state index in [9.17, 15) is 9.59 Å². The van der Waals surface area contributed by atoms with Gasteiger partial charge in [-0.3, -0.25) is 15.1 Å². The molecule has 5 aromatic rings. The molecular formula is C28H26ClN9O4. The van der Waals surface area contributed by atoms with E-state index in [1.54, 1.807) is 27.4 Å². The number of hydrogen-bond donors (Lipinski definition) is 2. The largest absolute Gasteiger partial charge is 0.447 e. The van der Waals surface area contributed by atoms with E-state index < -0.39 is 6.09 Å². The van der Waals surface area contributed by atoms with Gasteiger partial charge in [-0.1, -0.05) is 23.2 Å². The number of tetrazole rings is 1. The summed E-state index contributed by atoms with van der Waals surface area (Å²) in [6, 6.07) is 12.7. The summed E-state index contributed by atoms with van der Waals surface area (Å²) in [7, 11) is 1.52. The molecule has 1 aromatic carbocycles. The van der Waals surface area contributed by atoms with Crippen LogP contribution in [0, 0.1) is 6.92 Å². The number of carbonyl (C=O) groups is 1. The van der Waals surface area contributed by atoms with E-state index in [0.717, 1.165) is 28.1 Å². The van der Waals surface area contributed by atoms with Crippen molar-refractivity contribution in [2.24, 2.45) is 0 Å². The molecule has 214 valence electrons. The molecule has 0 unspecified atom stereocenters. The van der Waals surface area contributed by atoms with Gasteiger partial charge in [-0.15, -0.1) is 5.10 Å². The first-order chi connectivity index (χ1) is 20.4. The van der Waals surface area contributed by atoms with Crippen LogP contribution in [0.4, 0.5) is 10.5 Å². The molecule has 0 saturated carbocycles. The summed E-state index contributed by atoms with van der Waals surface area (Å²) in [5, 5.41) is 14.4. The lowest BCUT2D eigenvalue weighted by Gasteiger charge is -2.15. The minimum Gasteiger partial charge on any atom is -0.447 e. The van der Waals surface area contributed by atoms with Crippen LogP contribution in [0.1, 0.15) is 29.5 Å². The molecular weight excluding hydrogens is 562 g/mol. The molecule has 6 rings (SSSR count). The fourth-order valence-electron chi connectivity index (χ4n) is 5.04. The molecule has 5 heterocycles. The predicted octanol–water partition coefficient (Wildman–Crippen LogP) is 3.97. The molecule has 14 heteroatoms. The van der Waals surface area contributed by atoms with E-state index in [1.807, 2.05) is 31.2 Å². The van der Waals surface area contributed by atoms with Crippen molar-refractivity contribution in [2.45, 2.75) is 25.8 Å². The molecule has 0 aliphatic carbocycles. The molecule has 1 aliphatic rings. The highest BCUT2D eigenvalue weighted by Crippen LogP contribution is 2.35. The van der Waals surface area contributed by atoms with Crippen LogP contribution < -0.4 is 10.9 Å². The minimum absolute atomic E-state index is 0.141. The Morgan fingerprint density at radius 1 is 1.19 bits per heavy atom. The fraction of sp³-hybridized carbons (Fsp3) is 0.250. The Balaban J connectivity index is 1.25. The lowest BCUT2D eigenvalue weighted by Crippen LogP contribution is -2.24. The van der Waals surface area contributed by atoms with Gasteiger partial charge in [0, 0.05) is 24.4 Å².